The summed E-state index contributed by atoms with van der Waals surface area (Å²) >= 11 is 2.93. The molecule has 2 aromatic carbocycles. The first-order chi connectivity index (χ1) is 16.8. The minimum absolute atomic E-state index is 0.205. The van der Waals surface area contributed by atoms with Gasteiger partial charge in [-0.1, -0.05) is 83.8 Å². The lowest BCUT2D eigenvalue weighted by molar-refractivity contribution is 0.0948. The van der Waals surface area contributed by atoms with Gasteiger partial charge in [-0.2, -0.15) is 0 Å². The number of nitrogens with one attached hydrogen (secondary N) is 1. The summed E-state index contributed by atoms with van der Waals surface area (Å²) in [4.78, 5) is 17.2. The Morgan fingerprint density at radius 3 is 2.68 bits per heavy atom. The Labute approximate surface area is 206 Å². The van der Waals surface area contributed by atoms with Crippen LogP contribution in [0.2, 0.25) is 0 Å². The molecule has 3 heterocycles. The molecular weight excluding hydrogens is 466 g/mol. The number of imidazole rings is 1. The standard InChI is InChI=1S/C25H25N5O2S2/c31-23(26-14-18-8-3-1-4-9-18)24-29-28-22(34-24)17-33-25-27-15-21(19-10-5-2-6-11-19)30(25)16-20-12-7-13-32-20/h1-6,8-11,15,20H,7,12-14,16-17H2,(H,26,31). The highest BCUT2D eigenvalue weighted by atomic mass is 32.2. The maximum absolute atomic E-state index is 12.5. The van der Waals surface area contributed by atoms with Gasteiger partial charge < -0.3 is 14.6 Å². The Balaban J connectivity index is 1.25. The van der Waals surface area contributed by atoms with Crippen molar-refractivity contribution >= 4 is 29.0 Å². The van der Waals surface area contributed by atoms with Crippen LogP contribution < -0.4 is 5.32 Å². The molecule has 0 spiro atoms. The van der Waals surface area contributed by atoms with E-state index in [1.54, 1.807) is 11.8 Å². The third-order valence-electron chi connectivity index (χ3n) is 5.58. The molecule has 1 fully saturated rings. The Kier molecular flexibility index (Phi) is 7.33. The second-order valence-corrected chi connectivity index (χ2v) is 10.0. The van der Waals surface area contributed by atoms with Crippen LogP contribution in [0.3, 0.4) is 0 Å². The van der Waals surface area contributed by atoms with Crippen molar-refractivity contribution in [1.29, 1.82) is 0 Å². The van der Waals surface area contributed by atoms with E-state index in [1.807, 2.05) is 54.7 Å². The fourth-order valence-corrected chi connectivity index (χ4v) is 5.60. The number of aromatic nitrogens is 4. The van der Waals surface area contributed by atoms with Gasteiger partial charge in [-0.25, -0.2) is 4.98 Å². The van der Waals surface area contributed by atoms with Crippen LogP contribution >= 0.6 is 23.1 Å². The third-order valence-corrected chi connectivity index (χ3v) is 7.69. The van der Waals surface area contributed by atoms with Crippen molar-refractivity contribution in [2.45, 2.75) is 42.9 Å². The lowest BCUT2D eigenvalue weighted by Crippen LogP contribution is -2.22. The summed E-state index contributed by atoms with van der Waals surface area (Å²) in [5.41, 5.74) is 3.26. The van der Waals surface area contributed by atoms with Crippen molar-refractivity contribution in [3.63, 3.8) is 0 Å². The van der Waals surface area contributed by atoms with E-state index in [0.29, 0.717) is 17.3 Å². The van der Waals surface area contributed by atoms with Crippen LogP contribution in [-0.4, -0.2) is 38.4 Å². The molecule has 2 aromatic heterocycles. The van der Waals surface area contributed by atoms with Gasteiger partial charge in [0.15, 0.2) is 5.16 Å². The zero-order valence-corrected chi connectivity index (χ0v) is 20.2. The molecule has 174 valence electrons. The monoisotopic (exact) mass is 491 g/mol. The molecule has 0 aliphatic carbocycles. The van der Waals surface area contributed by atoms with E-state index in [1.165, 1.54) is 11.3 Å². The smallest absolute Gasteiger partial charge is 0.282 e. The number of carbonyl (C=O) groups excluding carboxylic acids is 1. The number of benzene rings is 2. The van der Waals surface area contributed by atoms with Crippen molar-refractivity contribution in [2.24, 2.45) is 0 Å². The molecule has 1 aliphatic heterocycles. The average Bonchev–Trinajstić information content (AvgIpc) is 3.65. The van der Waals surface area contributed by atoms with Crippen LogP contribution in [0.25, 0.3) is 11.3 Å². The van der Waals surface area contributed by atoms with E-state index in [-0.39, 0.29) is 12.0 Å². The normalized spacial score (nSPS) is 15.5. The highest BCUT2D eigenvalue weighted by molar-refractivity contribution is 7.98. The molecule has 0 bridgehead atoms. The fraction of sp³-hybridized carbons (Fsp3) is 0.280. The molecule has 1 aliphatic rings. The Morgan fingerprint density at radius 2 is 1.91 bits per heavy atom. The number of amides is 1. The summed E-state index contributed by atoms with van der Waals surface area (Å²) < 4.78 is 8.14. The van der Waals surface area contributed by atoms with Crippen LogP contribution in [0.15, 0.2) is 72.0 Å². The minimum atomic E-state index is -0.205. The molecule has 9 heteroatoms. The molecule has 1 amide bonds. The summed E-state index contributed by atoms with van der Waals surface area (Å²) in [6, 6.07) is 20.1. The third kappa shape index (κ3) is 5.55. The van der Waals surface area contributed by atoms with Crippen LogP contribution in [0, 0.1) is 0 Å². The van der Waals surface area contributed by atoms with Crippen molar-refractivity contribution in [3.8, 4) is 11.3 Å². The topological polar surface area (TPSA) is 81.9 Å². The molecule has 1 N–H and O–H groups in total. The zero-order valence-electron chi connectivity index (χ0n) is 18.6. The van der Waals surface area contributed by atoms with Gasteiger partial charge in [0, 0.05) is 13.2 Å². The molecule has 34 heavy (non-hydrogen) atoms. The predicted molar refractivity (Wildman–Crippen MR) is 134 cm³/mol. The summed E-state index contributed by atoms with van der Waals surface area (Å²) in [7, 11) is 0. The quantitative estimate of drug-likeness (QED) is 0.339. The van der Waals surface area contributed by atoms with Gasteiger partial charge in [0.1, 0.15) is 5.01 Å². The van der Waals surface area contributed by atoms with E-state index in [4.69, 9.17) is 9.72 Å². The molecular formula is C25H25N5O2S2. The minimum Gasteiger partial charge on any atom is -0.376 e. The van der Waals surface area contributed by atoms with Crippen LogP contribution in [-0.2, 0) is 23.6 Å². The van der Waals surface area contributed by atoms with Gasteiger partial charge in [0.2, 0.25) is 5.01 Å². The number of ether oxygens (including phenoxy) is 1. The zero-order chi connectivity index (χ0) is 23.2. The Bertz CT molecular complexity index is 1220. The van der Waals surface area contributed by atoms with E-state index >= 15 is 0 Å². The molecule has 1 unspecified atom stereocenters. The van der Waals surface area contributed by atoms with Crippen molar-refractivity contribution < 1.29 is 9.53 Å². The molecule has 0 saturated carbocycles. The summed E-state index contributed by atoms with van der Waals surface area (Å²) in [6.07, 6.45) is 4.30. The lowest BCUT2D eigenvalue weighted by Gasteiger charge is -2.16. The summed E-state index contributed by atoms with van der Waals surface area (Å²) in [5, 5.41) is 13.3. The molecule has 7 nitrogen and oxygen atoms in total. The number of hydrogen-bond acceptors (Lipinski definition) is 7. The highest BCUT2D eigenvalue weighted by Gasteiger charge is 2.21. The first-order valence-electron chi connectivity index (χ1n) is 11.3. The van der Waals surface area contributed by atoms with Gasteiger partial charge in [0.05, 0.1) is 30.3 Å². The van der Waals surface area contributed by atoms with E-state index < -0.39 is 0 Å². The molecule has 5 rings (SSSR count). The number of rotatable bonds is 9. The number of nitrogens with zero attached hydrogens (tertiary/aromatic N) is 4. The first kappa shape index (κ1) is 22.8. The van der Waals surface area contributed by atoms with Crippen LogP contribution in [0.5, 0.6) is 0 Å². The Hall–Kier alpha value is -3.01. The van der Waals surface area contributed by atoms with Gasteiger partial charge in [-0.3, -0.25) is 4.79 Å². The van der Waals surface area contributed by atoms with Gasteiger partial charge in [-0.05, 0) is 24.0 Å². The summed E-state index contributed by atoms with van der Waals surface area (Å²) in [5.74, 6) is 0.393. The largest absolute Gasteiger partial charge is 0.376 e. The maximum atomic E-state index is 12.5. The number of thioether (sulfide) groups is 1. The second kappa shape index (κ2) is 10.9. The van der Waals surface area contributed by atoms with E-state index in [9.17, 15) is 4.79 Å². The molecule has 0 radical (unpaired) electrons. The predicted octanol–water partition coefficient (Wildman–Crippen LogP) is 4.80. The Morgan fingerprint density at radius 1 is 1.12 bits per heavy atom. The molecule has 1 atom stereocenters. The van der Waals surface area contributed by atoms with E-state index in [0.717, 1.165) is 53.0 Å². The lowest BCUT2D eigenvalue weighted by atomic mass is 10.1. The van der Waals surface area contributed by atoms with Crippen molar-refractivity contribution in [1.82, 2.24) is 25.1 Å². The van der Waals surface area contributed by atoms with Gasteiger partial charge in [0.25, 0.3) is 5.91 Å². The number of carbonyl (C=O) groups is 1. The van der Waals surface area contributed by atoms with Crippen LogP contribution in [0.1, 0.15) is 33.2 Å². The average molecular weight is 492 g/mol. The fourth-order valence-electron chi connectivity index (χ4n) is 3.87. The SMILES string of the molecule is O=C(NCc1ccccc1)c1nnc(CSc2ncc(-c3ccccc3)n2CC2CCCO2)s1. The summed E-state index contributed by atoms with van der Waals surface area (Å²) in [6.45, 7) is 2.06. The van der Waals surface area contributed by atoms with Gasteiger partial charge >= 0.3 is 0 Å². The van der Waals surface area contributed by atoms with Crippen LogP contribution in [0.4, 0.5) is 0 Å². The molecule has 1 saturated heterocycles. The first-order valence-corrected chi connectivity index (χ1v) is 13.1. The molecule has 4 aromatic rings. The second-order valence-electron chi connectivity index (χ2n) is 8.00. The van der Waals surface area contributed by atoms with E-state index in [2.05, 4.69) is 32.2 Å². The van der Waals surface area contributed by atoms with Crippen molar-refractivity contribution in [2.75, 3.05) is 6.61 Å². The van der Waals surface area contributed by atoms with Crippen molar-refractivity contribution in [3.05, 3.63) is 82.4 Å². The van der Waals surface area contributed by atoms with Gasteiger partial charge in [-0.15, -0.1) is 10.2 Å². The highest BCUT2D eigenvalue weighted by Crippen LogP contribution is 2.30. The number of hydrogen-bond donors (Lipinski definition) is 1. The maximum Gasteiger partial charge on any atom is 0.282 e.